The highest BCUT2D eigenvalue weighted by atomic mass is 14.7. The molecule has 2 heteroatoms. The molecule has 0 saturated carbocycles. The zero-order chi connectivity index (χ0) is 11.4. The van der Waals surface area contributed by atoms with Crippen LogP contribution in [0.3, 0.4) is 0 Å². The van der Waals surface area contributed by atoms with E-state index in [2.05, 4.69) is 24.0 Å². The number of unbranched alkanes of at least 4 members (excludes halogenated alkanes) is 1. The molecule has 1 heterocycles. The van der Waals surface area contributed by atoms with Crippen molar-refractivity contribution in [3.05, 3.63) is 41.7 Å². The molecule has 1 aromatic carbocycles. The number of aromatic nitrogens is 1. The highest BCUT2D eigenvalue weighted by molar-refractivity contribution is 5.86. The van der Waals surface area contributed by atoms with Crippen LogP contribution in [0.1, 0.15) is 31.2 Å². The Morgan fingerprint density at radius 2 is 2.12 bits per heavy atom. The van der Waals surface area contributed by atoms with Gasteiger partial charge in [-0.15, -0.1) is 0 Å². The minimum atomic E-state index is 0.546. The van der Waals surface area contributed by atoms with Gasteiger partial charge in [-0.25, -0.2) is 4.98 Å². The first-order chi connectivity index (χ1) is 7.85. The Bertz CT molecular complexity index is 538. The summed E-state index contributed by atoms with van der Waals surface area (Å²) in [6, 6.07) is 12.2. The third-order valence-electron chi connectivity index (χ3n) is 2.69. The molecule has 0 aliphatic rings. The van der Waals surface area contributed by atoms with Crippen molar-refractivity contribution in [1.82, 2.24) is 4.98 Å². The zero-order valence-electron chi connectivity index (χ0n) is 9.40. The quantitative estimate of drug-likeness (QED) is 0.778. The van der Waals surface area contributed by atoms with Gasteiger partial charge in [-0.3, -0.25) is 0 Å². The van der Waals surface area contributed by atoms with Crippen LogP contribution in [-0.2, 0) is 6.42 Å². The Morgan fingerprint density at radius 1 is 1.31 bits per heavy atom. The standard InChI is InChI=1S/C14H14N2/c1-2-3-7-12-9-11-6-4-5-8-13(11)14(10-15)16-12/h4-6,8-9H,2-3,7H2,1H3. The van der Waals surface area contributed by atoms with Gasteiger partial charge in [0.2, 0.25) is 0 Å². The van der Waals surface area contributed by atoms with Crippen molar-refractivity contribution in [2.75, 3.05) is 0 Å². The molecule has 0 fully saturated rings. The third kappa shape index (κ3) is 2.04. The fraction of sp³-hybridized carbons (Fsp3) is 0.286. The normalized spacial score (nSPS) is 10.2. The van der Waals surface area contributed by atoms with E-state index in [-0.39, 0.29) is 0 Å². The van der Waals surface area contributed by atoms with E-state index < -0.39 is 0 Å². The maximum absolute atomic E-state index is 9.07. The third-order valence-corrected chi connectivity index (χ3v) is 2.69. The number of hydrogen-bond donors (Lipinski definition) is 0. The molecule has 0 atom stereocenters. The molecule has 2 aromatic rings. The molecule has 0 radical (unpaired) electrons. The van der Waals surface area contributed by atoms with Gasteiger partial charge in [-0.05, 0) is 24.3 Å². The van der Waals surface area contributed by atoms with Crippen LogP contribution in [0, 0.1) is 11.3 Å². The molecule has 0 saturated heterocycles. The number of rotatable bonds is 3. The summed E-state index contributed by atoms with van der Waals surface area (Å²) in [5, 5.41) is 11.1. The summed E-state index contributed by atoms with van der Waals surface area (Å²) in [6.07, 6.45) is 3.22. The van der Waals surface area contributed by atoms with Crippen LogP contribution in [0.5, 0.6) is 0 Å². The van der Waals surface area contributed by atoms with E-state index in [9.17, 15) is 0 Å². The monoisotopic (exact) mass is 210 g/mol. The highest BCUT2D eigenvalue weighted by Gasteiger charge is 2.04. The maximum Gasteiger partial charge on any atom is 0.148 e. The highest BCUT2D eigenvalue weighted by Crippen LogP contribution is 2.18. The lowest BCUT2D eigenvalue weighted by atomic mass is 10.1. The molecule has 1 aromatic heterocycles. The van der Waals surface area contributed by atoms with Gasteiger partial charge in [-0.1, -0.05) is 37.6 Å². The fourth-order valence-corrected chi connectivity index (χ4v) is 1.83. The van der Waals surface area contributed by atoms with Crippen molar-refractivity contribution >= 4 is 10.8 Å². The Morgan fingerprint density at radius 3 is 2.88 bits per heavy atom. The lowest BCUT2D eigenvalue weighted by Crippen LogP contribution is -1.94. The second-order valence-corrected chi connectivity index (χ2v) is 3.90. The van der Waals surface area contributed by atoms with Crippen LogP contribution < -0.4 is 0 Å². The molecule has 16 heavy (non-hydrogen) atoms. The van der Waals surface area contributed by atoms with Crippen LogP contribution in [0.2, 0.25) is 0 Å². The second-order valence-electron chi connectivity index (χ2n) is 3.90. The average molecular weight is 210 g/mol. The van der Waals surface area contributed by atoms with Crippen LogP contribution in [-0.4, -0.2) is 4.98 Å². The van der Waals surface area contributed by atoms with Gasteiger partial charge in [0.25, 0.3) is 0 Å². The second kappa shape index (κ2) is 4.76. The van der Waals surface area contributed by atoms with E-state index in [4.69, 9.17) is 5.26 Å². The number of fused-ring (bicyclic) bond motifs is 1. The van der Waals surface area contributed by atoms with Gasteiger partial charge in [0, 0.05) is 11.1 Å². The molecule has 0 aliphatic carbocycles. The van der Waals surface area contributed by atoms with Crippen molar-refractivity contribution in [3.63, 3.8) is 0 Å². The van der Waals surface area contributed by atoms with Crippen LogP contribution >= 0.6 is 0 Å². The van der Waals surface area contributed by atoms with Crippen molar-refractivity contribution in [2.45, 2.75) is 26.2 Å². The molecule has 80 valence electrons. The predicted molar refractivity (Wildman–Crippen MR) is 65.1 cm³/mol. The van der Waals surface area contributed by atoms with E-state index in [0.29, 0.717) is 5.69 Å². The lowest BCUT2D eigenvalue weighted by molar-refractivity contribution is 0.777. The summed E-state index contributed by atoms with van der Waals surface area (Å²) in [5.74, 6) is 0. The zero-order valence-corrected chi connectivity index (χ0v) is 9.40. The molecule has 0 aliphatic heterocycles. The van der Waals surface area contributed by atoms with Gasteiger partial charge < -0.3 is 0 Å². The first-order valence-corrected chi connectivity index (χ1v) is 5.64. The van der Waals surface area contributed by atoms with E-state index in [1.54, 1.807) is 0 Å². The number of nitriles is 1. The molecule has 0 unspecified atom stereocenters. The Labute approximate surface area is 95.6 Å². The number of hydrogen-bond acceptors (Lipinski definition) is 2. The topological polar surface area (TPSA) is 36.7 Å². The fourth-order valence-electron chi connectivity index (χ4n) is 1.83. The average Bonchev–Trinajstić information content (AvgIpc) is 2.35. The lowest BCUT2D eigenvalue weighted by Gasteiger charge is -2.04. The summed E-state index contributed by atoms with van der Waals surface area (Å²) in [6.45, 7) is 2.16. The number of nitrogens with zero attached hydrogens (tertiary/aromatic N) is 2. The molecule has 2 rings (SSSR count). The van der Waals surface area contributed by atoms with Crippen molar-refractivity contribution in [2.24, 2.45) is 0 Å². The molecule has 0 amide bonds. The predicted octanol–water partition coefficient (Wildman–Crippen LogP) is 3.45. The minimum Gasteiger partial charge on any atom is -0.241 e. The van der Waals surface area contributed by atoms with Crippen molar-refractivity contribution in [3.8, 4) is 6.07 Å². The first kappa shape index (κ1) is 10.6. The molecule has 0 spiro atoms. The minimum absolute atomic E-state index is 0.546. The van der Waals surface area contributed by atoms with Gasteiger partial charge in [-0.2, -0.15) is 5.26 Å². The molecular formula is C14H14N2. The van der Waals surface area contributed by atoms with E-state index in [1.807, 2.05) is 24.3 Å². The Kier molecular flexibility index (Phi) is 3.16. The summed E-state index contributed by atoms with van der Waals surface area (Å²) in [5.41, 5.74) is 1.57. The van der Waals surface area contributed by atoms with E-state index >= 15 is 0 Å². The molecular weight excluding hydrogens is 196 g/mol. The van der Waals surface area contributed by atoms with Gasteiger partial charge in [0.1, 0.15) is 11.8 Å². The number of aryl methyl sites for hydroxylation is 1. The van der Waals surface area contributed by atoms with Crippen LogP contribution in [0.15, 0.2) is 30.3 Å². The van der Waals surface area contributed by atoms with Crippen molar-refractivity contribution in [1.29, 1.82) is 5.26 Å². The van der Waals surface area contributed by atoms with Crippen LogP contribution in [0.25, 0.3) is 10.8 Å². The summed E-state index contributed by atoms with van der Waals surface area (Å²) in [4.78, 5) is 4.40. The number of pyridine rings is 1. The van der Waals surface area contributed by atoms with Gasteiger partial charge in [0.15, 0.2) is 0 Å². The van der Waals surface area contributed by atoms with E-state index in [1.165, 1.54) is 0 Å². The molecule has 2 nitrogen and oxygen atoms in total. The molecule has 0 bridgehead atoms. The Balaban J connectivity index is 2.51. The van der Waals surface area contributed by atoms with Gasteiger partial charge in [0.05, 0.1) is 0 Å². The number of benzene rings is 1. The first-order valence-electron chi connectivity index (χ1n) is 5.64. The maximum atomic E-state index is 9.07. The summed E-state index contributed by atoms with van der Waals surface area (Å²) >= 11 is 0. The molecule has 0 N–H and O–H groups in total. The van der Waals surface area contributed by atoms with Crippen LogP contribution in [0.4, 0.5) is 0 Å². The summed E-state index contributed by atoms with van der Waals surface area (Å²) in [7, 11) is 0. The van der Waals surface area contributed by atoms with E-state index in [0.717, 1.165) is 35.7 Å². The smallest absolute Gasteiger partial charge is 0.148 e. The van der Waals surface area contributed by atoms with Crippen molar-refractivity contribution < 1.29 is 0 Å². The largest absolute Gasteiger partial charge is 0.241 e. The Hall–Kier alpha value is -1.88. The SMILES string of the molecule is CCCCc1cc2ccccc2c(C#N)n1. The summed E-state index contributed by atoms with van der Waals surface area (Å²) < 4.78 is 0. The van der Waals surface area contributed by atoms with Gasteiger partial charge >= 0.3 is 0 Å².